The molecule has 0 unspecified atom stereocenters. The first kappa shape index (κ1) is 16.3. The zero-order chi connectivity index (χ0) is 17.6. The van der Waals surface area contributed by atoms with E-state index in [0.717, 1.165) is 16.0 Å². The lowest BCUT2D eigenvalue weighted by atomic mass is 9.85. The van der Waals surface area contributed by atoms with Gasteiger partial charge in [0.05, 0.1) is 20.3 Å². The number of methoxy groups -OCH3 is 2. The van der Waals surface area contributed by atoms with Crippen LogP contribution in [0.3, 0.4) is 0 Å². The normalized spacial score (nSPS) is 22.8. The maximum Gasteiger partial charge on any atom is 0.252 e. The molecule has 2 heterocycles. The van der Waals surface area contributed by atoms with Gasteiger partial charge < -0.3 is 14.4 Å². The summed E-state index contributed by atoms with van der Waals surface area (Å²) in [5, 5.41) is 0. The van der Waals surface area contributed by atoms with Crippen LogP contribution in [0.2, 0.25) is 0 Å². The molecule has 0 radical (unpaired) electrons. The van der Waals surface area contributed by atoms with Gasteiger partial charge in [-0.15, -0.1) is 0 Å². The monoisotopic (exact) mass is 332 g/mol. The molecule has 0 aliphatic carbocycles. The molecule has 2 aliphatic rings. The number of hydrogen-bond donors (Lipinski definition) is 0. The van der Waals surface area contributed by atoms with Crippen molar-refractivity contribution in [2.75, 3.05) is 20.8 Å². The molecule has 2 atom stereocenters. The summed E-state index contributed by atoms with van der Waals surface area (Å²) in [7, 11) is 3.14. The quantitative estimate of drug-likeness (QED) is 0.804. The molecule has 1 fully saturated rings. The fourth-order valence-electron chi connectivity index (χ4n) is 3.70. The van der Waals surface area contributed by atoms with Crippen molar-refractivity contribution in [2.45, 2.75) is 32.4 Å². The fraction of sp³-hybridized carbons (Fsp3) is 0.471. The number of fused-ring (bicyclic) bond motifs is 2. The van der Waals surface area contributed by atoms with Gasteiger partial charge in [-0.05, 0) is 19.1 Å². The van der Waals surface area contributed by atoms with E-state index in [2.05, 4.69) is 0 Å². The number of amides is 3. The van der Waals surface area contributed by atoms with Crippen LogP contribution in [0.1, 0.15) is 31.0 Å². The van der Waals surface area contributed by atoms with Gasteiger partial charge in [0.15, 0.2) is 0 Å². The summed E-state index contributed by atoms with van der Waals surface area (Å²) in [6, 6.07) is 2.55. The number of imide groups is 1. The van der Waals surface area contributed by atoms with Gasteiger partial charge in [0.25, 0.3) is 5.91 Å². The second-order valence-electron chi connectivity index (χ2n) is 6.00. The summed E-state index contributed by atoms with van der Waals surface area (Å²) < 4.78 is 10.9. The third-order valence-corrected chi connectivity index (χ3v) is 4.79. The Balaban J connectivity index is 2.13. The van der Waals surface area contributed by atoms with Gasteiger partial charge in [-0.25, -0.2) is 0 Å². The van der Waals surface area contributed by atoms with Gasteiger partial charge in [-0.2, -0.15) is 0 Å². The van der Waals surface area contributed by atoms with E-state index < -0.39 is 11.9 Å². The fourth-order valence-corrected chi connectivity index (χ4v) is 3.70. The van der Waals surface area contributed by atoms with Crippen LogP contribution in [0, 0.1) is 0 Å². The predicted octanol–water partition coefficient (Wildman–Crippen LogP) is 0.907. The van der Waals surface area contributed by atoms with Crippen molar-refractivity contribution >= 4 is 17.7 Å². The van der Waals surface area contributed by atoms with E-state index in [-0.39, 0.29) is 24.4 Å². The number of nitrogens with zero attached hydrogens (tertiary/aromatic N) is 2. The minimum absolute atomic E-state index is 0.212. The number of benzene rings is 1. The zero-order valence-corrected chi connectivity index (χ0v) is 14.2. The first-order chi connectivity index (χ1) is 11.4. The van der Waals surface area contributed by atoms with Crippen molar-refractivity contribution < 1.29 is 23.9 Å². The smallest absolute Gasteiger partial charge is 0.252 e. The molecule has 128 valence electrons. The molecule has 24 heavy (non-hydrogen) atoms. The third kappa shape index (κ3) is 2.23. The molecule has 0 aromatic heterocycles. The molecule has 0 spiro atoms. The van der Waals surface area contributed by atoms with Crippen LogP contribution >= 0.6 is 0 Å². The van der Waals surface area contributed by atoms with E-state index in [1.54, 1.807) is 31.3 Å². The maximum absolute atomic E-state index is 12.7. The van der Waals surface area contributed by atoms with Crippen LogP contribution in [-0.4, -0.2) is 54.3 Å². The summed E-state index contributed by atoms with van der Waals surface area (Å²) in [5.41, 5.74) is 1.70. The SMILES string of the molecule is COc1ccc(OC)c2c1C[C@H]1C(=O)N(C(C)=O)CC(=O)N1[C@@H]2C. The summed E-state index contributed by atoms with van der Waals surface area (Å²) in [6.45, 7) is 2.95. The van der Waals surface area contributed by atoms with Crippen LogP contribution in [0.4, 0.5) is 0 Å². The number of piperazine rings is 1. The highest BCUT2D eigenvalue weighted by Gasteiger charge is 2.47. The molecule has 0 saturated carbocycles. The van der Waals surface area contributed by atoms with Crippen LogP contribution in [0.25, 0.3) is 0 Å². The Morgan fingerprint density at radius 3 is 2.38 bits per heavy atom. The Hall–Kier alpha value is -2.57. The lowest BCUT2D eigenvalue weighted by molar-refractivity contribution is -0.164. The van der Waals surface area contributed by atoms with Crippen LogP contribution in [0.5, 0.6) is 11.5 Å². The number of hydrogen-bond acceptors (Lipinski definition) is 5. The first-order valence-corrected chi connectivity index (χ1v) is 7.77. The Bertz CT molecular complexity index is 730. The topological polar surface area (TPSA) is 76.1 Å². The largest absolute Gasteiger partial charge is 0.496 e. The Morgan fingerprint density at radius 1 is 1.17 bits per heavy atom. The molecule has 7 nitrogen and oxygen atoms in total. The van der Waals surface area contributed by atoms with E-state index in [9.17, 15) is 14.4 Å². The van der Waals surface area contributed by atoms with Crippen LogP contribution < -0.4 is 9.47 Å². The van der Waals surface area contributed by atoms with Gasteiger partial charge in [0.1, 0.15) is 24.1 Å². The average Bonchev–Trinajstić information content (AvgIpc) is 2.56. The van der Waals surface area contributed by atoms with E-state index in [0.29, 0.717) is 17.9 Å². The summed E-state index contributed by atoms with van der Waals surface area (Å²) in [5.74, 6) is 0.315. The van der Waals surface area contributed by atoms with Crippen LogP contribution in [-0.2, 0) is 20.8 Å². The predicted molar refractivity (Wildman–Crippen MR) is 84.7 cm³/mol. The summed E-state index contributed by atoms with van der Waals surface area (Å²) in [4.78, 5) is 39.5. The highest BCUT2D eigenvalue weighted by atomic mass is 16.5. The number of ether oxygens (including phenoxy) is 2. The molecule has 0 N–H and O–H groups in total. The van der Waals surface area contributed by atoms with E-state index in [1.165, 1.54) is 6.92 Å². The summed E-state index contributed by atoms with van der Waals surface area (Å²) >= 11 is 0. The van der Waals surface area contributed by atoms with Crippen molar-refractivity contribution in [2.24, 2.45) is 0 Å². The van der Waals surface area contributed by atoms with E-state index in [4.69, 9.17) is 9.47 Å². The number of carbonyl (C=O) groups excluding carboxylic acids is 3. The minimum Gasteiger partial charge on any atom is -0.496 e. The number of carbonyl (C=O) groups is 3. The van der Waals surface area contributed by atoms with Gasteiger partial charge in [0, 0.05) is 24.5 Å². The third-order valence-electron chi connectivity index (χ3n) is 4.79. The highest BCUT2D eigenvalue weighted by molar-refractivity contribution is 6.05. The van der Waals surface area contributed by atoms with Gasteiger partial charge in [0.2, 0.25) is 11.8 Å². The number of rotatable bonds is 2. The molecule has 3 amide bonds. The van der Waals surface area contributed by atoms with E-state index >= 15 is 0 Å². The highest BCUT2D eigenvalue weighted by Crippen LogP contribution is 2.44. The zero-order valence-electron chi connectivity index (χ0n) is 14.2. The van der Waals surface area contributed by atoms with Crippen molar-refractivity contribution in [1.82, 2.24) is 9.80 Å². The molecule has 7 heteroatoms. The Labute approximate surface area is 140 Å². The van der Waals surface area contributed by atoms with Crippen molar-refractivity contribution in [1.29, 1.82) is 0 Å². The molecular weight excluding hydrogens is 312 g/mol. The molecule has 1 saturated heterocycles. The van der Waals surface area contributed by atoms with Gasteiger partial charge in [-0.3, -0.25) is 19.3 Å². The maximum atomic E-state index is 12.7. The molecule has 0 bridgehead atoms. The lowest BCUT2D eigenvalue weighted by Gasteiger charge is -2.46. The molecular formula is C17H20N2O5. The molecule has 3 rings (SSSR count). The molecule has 1 aromatic rings. The average molecular weight is 332 g/mol. The second-order valence-corrected chi connectivity index (χ2v) is 6.00. The van der Waals surface area contributed by atoms with E-state index in [1.807, 2.05) is 6.92 Å². The van der Waals surface area contributed by atoms with Crippen molar-refractivity contribution in [3.63, 3.8) is 0 Å². The summed E-state index contributed by atoms with van der Waals surface area (Å²) in [6.07, 6.45) is 0.300. The van der Waals surface area contributed by atoms with Gasteiger partial charge >= 0.3 is 0 Å². The van der Waals surface area contributed by atoms with Crippen molar-refractivity contribution in [3.8, 4) is 11.5 Å². The standard InChI is InChI=1S/C17H20N2O5/c1-9-16-11(13(23-3)5-6-14(16)24-4)7-12-17(22)18(10(2)20)8-15(21)19(9)12/h5-6,9,12H,7-8H2,1-4H3/t9-,12+/m1/s1. The lowest BCUT2D eigenvalue weighted by Crippen LogP contribution is -2.63. The minimum atomic E-state index is -0.696. The van der Waals surface area contributed by atoms with Gasteiger partial charge in [-0.1, -0.05) is 0 Å². The Morgan fingerprint density at radius 2 is 1.79 bits per heavy atom. The second kappa shape index (κ2) is 5.81. The van der Waals surface area contributed by atoms with Crippen LogP contribution in [0.15, 0.2) is 12.1 Å². The molecule has 1 aromatic carbocycles. The first-order valence-electron chi connectivity index (χ1n) is 7.77. The Kier molecular flexibility index (Phi) is 3.95. The molecule has 2 aliphatic heterocycles. The van der Waals surface area contributed by atoms with Crippen molar-refractivity contribution in [3.05, 3.63) is 23.3 Å².